The fourth-order valence-electron chi connectivity index (χ4n) is 3.60. The maximum absolute atomic E-state index is 14.7. The molecular weight excluding hydrogens is 485 g/mol. The van der Waals surface area contributed by atoms with Gasteiger partial charge in [-0.15, -0.1) is 0 Å². The van der Waals surface area contributed by atoms with E-state index in [4.69, 9.17) is 4.74 Å². The Labute approximate surface area is 210 Å². The molecule has 0 bridgehead atoms. The van der Waals surface area contributed by atoms with Gasteiger partial charge < -0.3 is 15.4 Å². The number of ether oxygens (including phenoxy) is 1. The van der Waals surface area contributed by atoms with E-state index in [2.05, 4.69) is 20.1 Å². The molecule has 9 nitrogen and oxygen atoms in total. The van der Waals surface area contributed by atoms with E-state index in [1.54, 1.807) is 57.3 Å². The van der Waals surface area contributed by atoms with Gasteiger partial charge in [0, 0.05) is 18.8 Å². The summed E-state index contributed by atoms with van der Waals surface area (Å²) in [5.74, 6) is -0.389. The number of pyridine rings is 1. The summed E-state index contributed by atoms with van der Waals surface area (Å²) in [6, 6.07) is 11.3. The van der Waals surface area contributed by atoms with Gasteiger partial charge >= 0.3 is 0 Å². The lowest BCUT2D eigenvalue weighted by Crippen LogP contribution is -2.31. The van der Waals surface area contributed by atoms with E-state index in [9.17, 15) is 18.2 Å². The van der Waals surface area contributed by atoms with Crippen LogP contribution in [0.15, 0.2) is 47.3 Å². The van der Waals surface area contributed by atoms with Crippen LogP contribution in [0.1, 0.15) is 34.3 Å². The third-order valence-electron chi connectivity index (χ3n) is 5.75. The molecule has 2 aromatic carbocycles. The number of anilines is 3. The van der Waals surface area contributed by atoms with Crippen LogP contribution in [-0.4, -0.2) is 27.8 Å². The zero-order valence-corrected chi connectivity index (χ0v) is 21.2. The Morgan fingerprint density at radius 1 is 1.14 bits per heavy atom. The second kappa shape index (κ2) is 10.5. The Hall–Kier alpha value is -3.70. The molecule has 0 saturated heterocycles. The Morgan fingerprint density at radius 2 is 1.83 bits per heavy atom. The summed E-state index contributed by atoms with van der Waals surface area (Å²) in [4.78, 5) is 26.5. The van der Waals surface area contributed by atoms with Crippen LogP contribution in [0.4, 0.5) is 21.6 Å². The molecule has 0 aliphatic heterocycles. The van der Waals surface area contributed by atoms with Crippen molar-refractivity contribution in [3.05, 3.63) is 75.3 Å². The molecule has 1 fully saturated rings. The third kappa shape index (κ3) is 5.58. The Kier molecular flexibility index (Phi) is 7.41. The number of carbonyl (C=O) groups excluding carboxylic acids is 1. The van der Waals surface area contributed by atoms with Gasteiger partial charge in [-0.05, 0) is 75.7 Å². The number of hydrogen-bond acceptors (Lipinski definition) is 5. The smallest absolute Gasteiger partial charge is 0.259 e. The van der Waals surface area contributed by atoms with Crippen molar-refractivity contribution in [2.45, 2.75) is 32.7 Å². The Morgan fingerprint density at radius 3 is 2.44 bits per heavy atom. The minimum Gasteiger partial charge on any atom is -0.456 e. The van der Waals surface area contributed by atoms with Crippen molar-refractivity contribution in [2.24, 2.45) is 7.05 Å². The van der Waals surface area contributed by atoms with E-state index in [1.807, 2.05) is 0 Å². The number of benzene rings is 2. The van der Waals surface area contributed by atoms with E-state index < -0.39 is 28.5 Å². The second-order valence-electron chi connectivity index (χ2n) is 8.60. The van der Waals surface area contributed by atoms with Crippen LogP contribution in [-0.2, 0) is 18.2 Å². The standard InChI is InChI=1S/C25H28FN5O4S/c1-14-5-12-20(19(26)13-14)29-23-21(24(32)28-16-6-7-16)22(15(2)25(33)31(23)4)35-18-10-8-17(9-11-18)30-36(34)27-3/h5,8-13,16,27,29-30H,6-7H2,1-4H3,(H,28,32). The largest absolute Gasteiger partial charge is 0.456 e. The molecule has 0 spiro atoms. The Balaban J connectivity index is 1.79. The summed E-state index contributed by atoms with van der Waals surface area (Å²) in [5, 5.41) is 5.88. The average Bonchev–Trinajstić information content (AvgIpc) is 3.67. The molecular formula is C25H28FN5O4S. The van der Waals surface area contributed by atoms with Crippen LogP contribution in [0.25, 0.3) is 0 Å². The summed E-state index contributed by atoms with van der Waals surface area (Å²) < 4.78 is 39.0. The lowest BCUT2D eigenvalue weighted by Gasteiger charge is -2.21. The number of amides is 1. The lowest BCUT2D eigenvalue weighted by atomic mass is 10.1. The zero-order chi connectivity index (χ0) is 26.0. The lowest BCUT2D eigenvalue weighted by molar-refractivity contribution is 0.0948. The highest BCUT2D eigenvalue weighted by Crippen LogP contribution is 2.35. The number of nitrogens with zero attached hydrogens (tertiary/aromatic N) is 1. The minimum atomic E-state index is -1.44. The van der Waals surface area contributed by atoms with E-state index in [-0.39, 0.29) is 34.4 Å². The van der Waals surface area contributed by atoms with Gasteiger partial charge in [-0.1, -0.05) is 6.07 Å². The molecule has 1 amide bonds. The van der Waals surface area contributed by atoms with E-state index in [1.165, 1.54) is 17.7 Å². The summed E-state index contributed by atoms with van der Waals surface area (Å²) in [6.07, 6.45) is 1.73. The molecule has 1 atom stereocenters. The number of hydrogen-bond donors (Lipinski definition) is 4. The number of aromatic nitrogens is 1. The van der Waals surface area contributed by atoms with E-state index in [0.717, 1.165) is 18.4 Å². The molecule has 1 aliphatic rings. The normalized spacial score (nSPS) is 13.7. The first-order valence-electron chi connectivity index (χ1n) is 11.4. The molecule has 1 saturated carbocycles. The fourth-order valence-corrected chi connectivity index (χ4v) is 4.05. The second-order valence-corrected chi connectivity index (χ2v) is 9.75. The predicted molar refractivity (Wildman–Crippen MR) is 139 cm³/mol. The SMILES string of the molecule is CNS(=O)Nc1ccc(Oc2c(C(=O)NC3CC3)c(Nc3ccc(C)cc3F)n(C)c(=O)c2C)cc1. The molecule has 11 heteroatoms. The van der Waals surface area contributed by atoms with Crippen LogP contribution in [0.5, 0.6) is 11.5 Å². The number of carbonyl (C=O) groups is 1. The highest BCUT2D eigenvalue weighted by molar-refractivity contribution is 7.84. The first-order valence-corrected chi connectivity index (χ1v) is 12.5. The Bertz CT molecular complexity index is 1390. The van der Waals surface area contributed by atoms with Crippen molar-refractivity contribution in [3.8, 4) is 11.5 Å². The van der Waals surface area contributed by atoms with Crippen molar-refractivity contribution in [2.75, 3.05) is 17.1 Å². The first-order chi connectivity index (χ1) is 17.2. The molecule has 4 rings (SSSR count). The molecule has 1 heterocycles. The van der Waals surface area contributed by atoms with E-state index >= 15 is 0 Å². The number of nitrogens with one attached hydrogen (secondary N) is 4. The number of aryl methyl sites for hydroxylation is 1. The quantitative estimate of drug-likeness (QED) is 0.348. The van der Waals surface area contributed by atoms with Crippen molar-refractivity contribution < 1.29 is 18.1 Å². The molecule has 36 heavy (non-hydrogen) atoms. The number of rotatable bonds is 9. The van der Waals surface area contributed by atoms with Gasteiger partial charge in [0.25, 0.3) is 11.5 Å². The topological polar surface area (TPSA) is 113 Å². The zero-order valence-electron chi connectivity index (χ0n) is 20.4. The van der Waals surface area contributed by atoms with Crippen LogP contribution in [0.2, 0.25) is 0 Å². The van der Waals surface area contributed by atoms with Gasteiger partial charge in [0.2, 0.25) is 0 Å². The maximum atomic E-state index is 14.7. The third-order valence-corrected chi connectivity index (χ3v) is 6.54. The molecule has 1 unspecified atom stereocenters. The van der Waals surface area contributed by atoms with Gasteiger partial charge in [0.1, 0.15) is 22.9 Å². The van der Waals surface area contributed by atoms with Crippen LogP contribution in [0.3, 0.4) is 0 Å². The summed E-state index contributed by atoms with van der Waals surface area (Å²) in [7, 11) is 3.07. The number of halogens is 1. The molecule has 4 N–H and O–H groups in total. The molecule has 1 aliphatic carbocycles. The maximum Gasteiger partial charge on any atom is 0.259 e. The molecule has 3 aromatic rings. The highest BCUT2D eigenvalue weighted by Gasteiger charge is 2.30. The van der Waals surface area contributed by atoms with Gasteiger partial charge in [0.15, 0.2) is 16.9 Å². The summed E-state index contributed by atoms with van der Waals surface area (Å²) in [5.41, 5.74) is 1.37. The average molecular weight is 514 g/mol. The minimum absolute atomic E-state index is 0.0465. The van der Waals surface area contributed by atoms with Crippen molar-refractivity contribution in [1.29, 1.82) is 0 Å². The van der Waals surface area contributed by atoms with Crippen molar-refractivity contribution in [1.82, 2.24) is 14.6 Å². The van der Waals surface area contributed by atoms with Gasteiger partial charge in [-0.25, -0.2) is 13.3 Å². The summed E-state index contributed by atoms with van der Waals surface area (Å²) >= 11 is -1.44. The molecule has 190 valence electrons. The molecule has 1 aromatic heterocycles. The van der Waals surface area contributed by atoms with Gasteiger partial charge in [-0.2, -0.15) is 0 Å². The van der Waals surface area contributed by atoms with E-state index in [0.29, 0.717) is 11.4 Å². The van der Waals surface area contributed by atoms with Crippen LogP contribution in [0, 0.1) is 19.7 Å². The van der Waals surface area contributed by atoms with Crippen LogP contribution >= 0.6 is 0 Å². The van der Waals surface area contributed by atoms with Gasteiger partial charge in [-0.3, -0.25) is 18.9 Å². The van der Waals surface area contributed by atoms with Crippen molar-refractivity contribution in [3.63, 3.8) is 0 Å². The van der Waals surface area contributed by atoms with Gasteiger partial charge in [0.05, 0.1) is 11.3 Å². The first kappa shape index (κ1) is 25.4. The fraction of sp³-hybridized carbons (Fsp3) is 0.280. The monoisotopic (exact) mass is 513 g/mol. The van der Waals surface area contributed by atoms with Crippen LogP contribution < -0.4 is 30.4 Å². The highest BCUT2D eigenvalue weighted by atomic mass is 32.2. The summed E-state index contributed by atoms with van der Waals surface area (Å²) in [6.45, 7) is 3.35. The predicted octanol–water partition coefficient (Wildman–Crippen LogP) is 3.78. The van der Waals surface area contributed by atoms with Crippen molar-refractivity contribution >= 4 is 34.3 Å². The molecule has 0 radical (unpaired) electrons.